The Morgan fingerprint density at radius 1 is 1.40 bits per heavy atom. The highest BCUT2D eigenvalue weighted by Gasteiger charge is 2.29. The number of amides is 1. The number of likely N-dealkylation sites (tertiary alicyclic amines) is 1. The van der Waals surface area contributed by atoms with Crippen LogP contribution in [-0.2, 0) is 4.79 Å². The zero-order valence-corrected chi connectivity index (χ0v) is 9.48. The smallest absolute Gasteiger partial charge is 0.222 e. The summed E-state index contributed by atoms with van der Waals surface area (Å²) < 4.78 is 0. The second-order valence-corrected chi connectivity index (χ2v) is 5.17. The summed E-state index contributed by atoms with van der Waals surface area (Å²) in [7, 11) is 0. The summed E-state index contributed by atoms with van der Waals surface area (Å²) in [5.74, 6) is 1.20. The summed E-state index contributed by atoms with van der Waals surface area (Å²) in [4.78, 5) is 13.8. The average Bonchev–Trinajstić information content (AvgIpc) is 2.15. The van der Waals surface area contributed by atoms with Crippen molar-refractivity contribution in [2.75, 3.05) is 13.1 Å². The van der Waals surface area contributed by atoms with Gasteiger partial charge in [-0.25, -0.2) is 0 Å². The molecule has 1 aliphatic heterocycles. The Labute approximate surface area is 91.5 Å². The minimum absolute atomic E-state index is 0.210. The minimum Gasteiger partial charge on any atom is -0.393 e. The molecule has 1 amide bonds. The fourth-order valence-electron chi connectivity index (χ4n) is 2.43. The van der Waals surface area contributed by atoms with Gasteiger partial charge in [-0.15, -0.1) is 0 Å². The molecule has 2 rings (SSSR count). The number of nitrogens with zero attached hydrogens (tertiary/aromatic N) is 1. The lowest BCUT2D eigenvalue weighted by Crippen LogP contribution is -2.45. The molecule has 1 saturated carbocycles. The van der Waals surface area contributed by atoms with Crippen LogP contribution in [0.2, 0.25) is 0 Å². The summed E-state index contributed by atoms with van der Waals surface area (Å²) in [6, 6.07) is 0. The van der Waals surface area contributed by atoms with Gasteiger partial charge in [0.1, 0.15) is 0 Å². The molecule has 86 valence electrons. The zero-order chi connectivity index (χ0) is 10.8. The normalized spacial score (nSPS) is 32.5. The van der Waals surface area contributed by atoms with E-state index in [0.29, 0.717) is 11.8 Å². The van der Waals surface area contributed by atoms with E-state index in [1.165, 1.54) is 19.3 Å². The van der Waals surface area contributed by atoms with Gasteiger partial charge in [0.15, 0.2) is 0 Å². The van der Waals surface area contributed by atoms with E-state index >= 15 is 0 Å². The molecule has 15 heavy (non-hydrogen) atoms. The van der Waals surface area contributed by atoms with Crippen molar-refractivity contribution in [1.29, 1.82) is 0 Å². The molecule has 2 aliphatic rings. The van der Waals surface area contributed by atoms with E-state index in [-0.39, 0.29) is 12.0 Å². The molecule has 0 aromatic carbocycles. The molecular formula is C12H21NO2. The van der Waals surface area contributed by atoms with Gasteiger partial charge in [-0.1, -0.05) is 13.3 Å². The molecule has 0 radical (unpaired) electrons. The van der Waals surface area contributed by atoms with Crippen molar-refractivity contribution in [3.8, 4) is 0 Å². The van der Waals surface area contributed by atoms with Crippen LogP contribution in [0.5, 0.6) is 0 Å². The molecule has 2 atom stereocenters. The van der Waals surface area contributed by atoms with Crippen LogP contribution >= 0.6 is 0 Å². The third-order valence-corrected chi connectivity index (χ3v) is 3.90. The first kappa shape index (κ1) is 10.9. The molecule has 1 heterocycles. The van der Waals surface area contributed by atoms with Crippen molar-refractivity contribution in [3.63, 3.8) is 0 Å². The number of hydrogen-bond donors (Lipinski definition) is 1. The molecule has 1 saturated heterocycles. The van der Waals surface area contributed by atoms with Gasteiger partial charge in [0.25, 0.3) is 0 Å². The third kappa shape index (κ3) is 2.51. The minimum atomic E-state index is -0.210. The number of carbonyl (C=O) groups is 1. The van der Waals surface area contributed by atoms with E-state index in [1.54, 1.807) is 0 Å². The van der Waals surface area contributed by atoms with E-state index in [2.05, 4.69) is 0 Å². The SMILES string of the molecule is CC1CN(C(=O)CC2CCC2)CCC1O. The van der Waals surface area contributed by atoms with Crippen LogP contribution < -0.4 is 0 Å². The summed E-state index contributed by atoms with van der Waals surface area (Å²) >= 11 is 0. The first-order chi connectivity index (χ1) is 7.16. The molecule has 2 unspecified atom stereocenters. The molecule has 0 aromatic rings. The highest BCUT2D eigenvalue weighted by Crippen LogP contribution is 2.30. The van der Waals surface area contributed by atoms with Crippen LogP contribution in [0.1, 0.15) is 39.0 Å². The predicted molar refractivity (Wildman–Crippen MR) is 58.3 cm³/mol. The quantitative estimate of drug-likeness (QED) is 0.750. The van der Waals surface area contributed by atoms with Gasteiger partial charge in [0, 0.05) is 19.5 Å². The zero-order valence-electron chi connectivity index (χ0n) is 9.48. The van der Waals surface area contributed by atoms with Crippen LogP contribution in [0.15, 0.2) is 0 Å². The maximum atomic E-state index is 11.9. The topological polar surface area (TPSA) is 40.5 Å². The Bertz CT molecular complexity index is 238. The molecule has 3 nitrogen and oxygen atoms in total. The summed E-state index contributed by atoms with van der Waals surface area (Å²) in [5, 5.41) is 9.58. The number of aliphatic hydroxyl groups excluding tert-OH is 1. The van der Waals surface area contributed by atoms with Gasteiger partial charge in [-0.05, 0) is 31.1 Å². The van der Waals surface area contributed by atoms with Crippen LogP contribution in [0.4, 0.5) is 0 Å². The number of hydrogen-bond acceptors (Lipinski definition) is 2. The Morgan fingerprint density at radius 2 is 2.13 bits per heavy atom. The molecule has 1 N–H and O–H groups in total. The first-order valence-electron chi connectivity index (χ1n) is 6.12. The molecule has 0 spiro atoms. The standard InChI is InChI=1S/C12H21NO2/c1-9-8-13(6-5-11(9)14)12(15)7-10-3-2-4-10/h9-11,14H,2-8H2,1H3. The lowest BCUT2D eigenvalue weighted by Gasteiger charge is -2.36. The van der Waals surface area contributed by atoms with Crippen LogP contribution in [0.3, 0.4) is 0 Å². The molecule has 0 aromatic heterocycles. The van der Waals surface area contributed by atoms with E-state index in [0.717, 1.165) is 25.9 Å². The summed E-state index contributed by atoms with van der Waals surface area (Å²) in [6.45, 7) is 3.51. The van der Waals surface area contributed by atoms with Crippen molar-refractivity contribution < 1.29 is 9.90 Å². The van der Waals surface area contributed by atoms with Gasteiger partial charge < -0.3 is 10.0 Å². The van der Waals surface area contributed by atoms with Gasteiger partial charge in [0.2, 0.25) is 5.91 Å². The van der Waals surface area contributed by atoms with E-state index < -0.39 is 0 Å². The van der Waals surface area contributed by atoms with Crippen molar-refractivity contribution in [2.45, 2.75) is 45.1 Å². The molecular weight excluding hydrogens is 190 g/mol. The third-order valence-electron chi connectivity index (χ3n) is 3.90. The van der Waals surface area contributed by atoms with Crippen LogP contribution in [0.25, 0.3) is 0 Å². The van der Waals surface area contributed by atoms with Crippen molar-refractivity contribution in [1.82, 2.24) is 4.90 Å². The van der Waals surface area contributed by atoms with E-state index in [1.807, 2.05) is 11.8 Å². The highest BCUT2D eigenvalue weighted by molar-refractivity contribution is 5.76. The van der Waals surface area contributed by atoms with E-state index in [9.17, 15) is 9.90 Å². The lowest BCUT2D eigenvalue weighted by molar-refractivity contribution is -0.136. The van der Waals surface area contributed by atoms with Crippen LogP contribution in [-0.4, -0.2) is 35.1 Å². The van der Waals surface area contributed by atoms with Crippen molar-refractivity contribution in [3.05, 3.63) is 0 Å². The molecule has 3 heteroatoms. The van der Waals surface area contributed by atoms with Gasteiger partial charge in [-0.2, -0.15) is 0 Å². The van der Waals surface area contributed by atoms with Crippen LogP contribution in [0, 0.1) is 11.8 Å². The maximum absolute atomic E-state index is 11.9. The van der Waals surface area contributed by atoms with Crippen molar-refractivity contribution >= 4 is 5.91 Å². The monoisotopic (exact) mass is 211 g/mol. The van der Waals surface area contributed by atoms with Gasteiger partial charge in [0.05, 0.1) is 6.10 Å². The van der Waals surface area contributed by atoms with Gasteiger partial charge in [-0.3, -0.25) is 4.79 Å². The molecule has 2 fully saturated rings. The Balaban J connectivity index is 1.79. The second-order valence-electron chi connectivity index (χ2n) is 5.17. The summed E-state index contributed by atoms with van der Waals surface area (Å²) in [6.07, 6.45) is 5.04. The van der Waals surface area contributed by atoms with E-state index in [4.69, 9.17) is 0 Å². The van der Waals surface area contributed by atoms with Crippen molar-refractivity contribution in [2.24, 2.45) is 11.8 Å². The summed E-state index contributed by atoms with van der Waals surface area (Å²) in [5.41, 5.74) is 0. The number of carbonyl (C=O) groups excluding carboxylic acids is 1. The number of aliphatic hydroxyl groups is 1. The average molecular weight is 211 g/mol. The Kier molecular flexibility index (Phi) is 3.29. The fraction of sp³-hybridized carbons (Fsp3) is 0.917. The molecule has 0 bridgehead atoms. The highest BCUT2D eigenvalue weighted by atomic mass is 16.3. The second kappa shape index (κ2) is 4.52. The fourth-order valence-corrected chi connectivity index (χ4v) is 2.43. The number of piperidine rings is 1. The molecule has 1 aliphatic carbocycles. The number of rotatable bonds is 2. The maximum Gasteiger partial charge on any atom is 0.222 e. The lowest BCUT2D eigenvalue weighted by atomic mass is 9.82. The first-order valence-corrected chi connectivity index (χ1v) is 6.12. The Morgan fingerprint density at radius 3 is 2.67 bits per heavy atom. The van der Waals surface area contributed by atoms with Gasteiger partial charge >= 0.3 is 0 Å². The largest absolute Gasteiger partial charge is 0.393 e. The predicted octanol–water partition coefficient (Wildman–Crippen LogP) is 1.41. The Hall–Kier alpha value is -0.570.